The molecular formula is C18H19ClN2O4. The normalized spacial score (nSPS) is 11.7. The summed E-state index contributed by atoms with van der Waals surface area (Å²) in [6, 6.07) is 6.57. The second-order valence-electron chi connectivity index (χ2n) is 5.78. The Kier molecular flexibility index (Phi) is 5.64. The SMILES string of the molecule is CC(=O)c1cc(C(=O)O[C@@H](C)C(=O)Nc2cc(Cl)ccc2C)n(C)c1. The minimum Gasteiger partial charge on any atom is -0.448 e. The van der Waals surface area contributed by atoms with Crippen molar-refractivity contribution in [3.05, 3.63) is 52.3 Å². The number of ether oxygens (including phenoxy) is 1. The summed E-state index contributed by atoms with van der Waals surface area (Å²) in [5.74, 6) is -1.31. The van der Waals surface area contributed by atoms with Crippen LogP contribution in [0.2, 0.25) is 5.02 Å². The Balaban J connectivity index is 2.06. The molecule has 132 valence electrons. The van der Waals surface area contributed by atoms with Gasteiger partial charge >= 0.3 is 5.97 Å². The Bertz CT molecular complexity index is 842. The molecule has 0 aliphatic carbocycles. The average molecular weight is 363 g/mol. The van der Waals surface area contributed by atoms with Crippen molar-refractivity contribution in [1.29, 1.82) is 0 Å². The summed E-state index contributed by atoms with van der Waals surface area (Å²) in [4.78, 5) is 35.9. The molecule has 0 unspecified atom stereocenters. The Morgan fingerprint density at radius 3 is 2.52 bits per heavy atom. The Morgan fingerprint density at radius 1 is 1.24 bits per heavy atom. The summed E-state index contributed by atoms with van der Waals surface area (Å²) in [5, 5.41) is 3.18. The third-order valence-electron chi connectivity index (χ3n) is 3.73. The smallest absolute Gasteiger partial charge is 0.355 e. The molecule has 0 saturated carbocycles. The molecule has 1 N–H and O–H groups in total. The molecule has 0 radical (unpaired) electrons. The van der Waals surface area contributed by atoms with Crippen LogP contribution >= 0.6 is 11.6 Å². The third-order valence-corrected chi connectivity index (χ3v) is 3.97. The van der Waals surface area contributed by atoms with Crippen LogP contribution in [0.3, 0.4) is 0 Å². The topological polar surface area (TPSA) is 77.4 Å². The molecule has 25 heavy (non-hydrogen) atoms. The summed E-state index contributed by atoms with van der Waals surface area (Å²) >= 11 is 5.92. The molecule has 0 fully saturated rings. The van der Waals surface area contributed by atoms with Gasteiger partial charge in [0.05, 0.1) is 0 Å². The van der Waals surface area contributed by atoms with Crippen molar-refractivity contribution < 1.29 is 19.1 Å². The molecule has 0 aliphatic rings. The Hall–Kier alpha value is -2.60. The van der Waals surface area contributed by atoms with Crippen LogP contribution < -0.4 is 5.32 Å². The Labute approximate surface area is 150 Å². The highest BCUT2D eigenvalue weighted by atomic mass is 35.5. The monoisotopic (exact) mass is 362 g/mol. The van der Waals surface area contributed by atoms with E-state index in [1.54, 1.807) is 31.4 Å². The maximum Gasteiger partial charge on any atom is 0.355 e. The fourth-order valence-electron chi connectivity index (χ4n) is 2.20. The van der Waals surface area contributed by atoms with Crippen LogP contribution in [-0.4, -0.2) is 28.3 Å². The number of ketones is 1. The number of esters is 1. The molecule has 2 rings (SSSR count). The van der Waals surface area contributed by atoms with E-state index < -0.39 is 18.0 Å². The van der Waals surface area contributed by atoms with Gasteiger partial charge in [-0.05, 0) is 44.5 Å². The van der Waals surface area contributed by atoms with Gasteiger partial charge in [0.25, 0.3) is 5.91 Å². The van der Waals surface area contributed by atoms with Crippen molar-refractivity contribution in [2.75, 3.05) is 5.32 Å². The van der Waals surface area contributed by atoms with Crippen LogP contribution in [0, 0.1) is 6.92 Å². The van der Waals surface area contributed by atoms with Gasteiger partial charge in [0, 0.05) is 29.5 Å². The first-order chi connectivity index (χ1) is 11.7. The highest BCUT2D eigenvalue weighted by Crippen LogP contribution is 2.20. The summed E-state index contributed by atoms with van der Waals surface area (Å²) in [6.45, 7) is 4.71. The highest BCUT2D eigenvalue weighted by molar-refractivity contribution is 6.31. The Morgan fingerprint density at radius 2 is 1.92 bits per heavy atom. The predicted octanol–water partition coefficient (Wildman–Crippen LogP) is 3.37. The number of nitrogens with one attached hydrogen (secondary N) is 1. The van der Waals surface area contributed by atoms with Gasteiger partial charge in [0.2, 0.25) is 0 Å². The van der Waals surface area contributed by atoms with Gasteiger partial charge in [-0.2, -0.15) is 0 Å². The molecule has 0 saturated heterocycles. The van der Waals surface area contributed by atoms with Crippen molar-refractivity contribution in [1.82, 2.24) is 4.57 Å². The first kappa shape index (κ1) is 18.7. The van der Waals surface area contributed by atoms with Crippen molar-refractivity contribution in [2.24, 2.45) is 7.05 Å². The minimum atomic E-state index is -1.01. The number of aromatic nitrogens is 1. The molecule has 2 aromatic rings. The van der Waals surface area contributed by atoms with Crippen molar-refractivity contribution in [2.45, 2.75) is 26.9 Å². The maximum atomic E-state index is 12.2. The first-order valence-corrected chi connectivity index (χ1v) is 8.02. The fourth-order valence-corrected chi connectivity index (χ4v) is 2.37. The average Bonchev–Trinajstić information content (AvgIpc) is 2.93. The van der Waals surface area contributed by atoms with Gasteiger partial charge in [0.15, 0.2) is 11.9 Å². The number of anilines is 1. The molecular weight excluding hydrogens is 344 g/mol. The molecule has 0 aliphatic heterocycles. The van der Waals surface area contributed by atoms with Gasteiger partial charge in [0.1, 0.15) is 5.69 Å². The quantitative estimate of drug-likeness (QED) is 0.653. The molecule has 1 atom stereocenters. The van der Waals surface area contributed by atoms with Gasteiger partial charge in [-0.3, -0.25) is 9.59 Å². The molecule has 0 spiro atoms. The van der Waals surface area contributed by atoms with E-state index in [0.717, 1.165) is 5.56 Å². The van der Waals surface area contributed by atoms with Crippen LogP contribution in [0.4, 0.5) is 5.69 Å². The lowest BCUT2D eigenvalue weighted by atomic mass is 10.2. The standard InChI is InChI=1S/C18H19ClN2O4/c1-10-5-6-14(19)8-15(10)20-17(23)12(3)25-18(24)16-7-13(11(2)22)9-21(16)4/h5-9,12H,1-4H3,(H,20,23)/t12-/m0/s1. The van der Waals surface area contributed by atoms with E-state index in [9.17, 15) is 14.4 Å². The van der Waals surface area contributed by atoms with E-state index in [0.29, 0.717) is 16.3 Å². The molecule has 1 heterocycles. The lowest BCUT2D eigenvalue weighted by molar-refractivity contribution is -0.123. The van der Waals surface area contributed by atoms with E-state index in [1.807, 2.05) is 6.92 Å². The third kappa shape index (κ3) is 4.48. The van der Waals surface area contributed by atoms with Gasteiger partial charge < -0.3 is 14.6 Å². The van der Waals surface area contributed by atoms with Crippen LogP contribution in [0.25, 0.3) is 0 Å². The molecule has 6 nitrogen and oxygen atoms in total. The van der Waals surface area contributed by atoms with Crippen molar-refractivity contribution >= 4 is 34.9 Å². The number of nitrogens with zero attached hydrogens (tertiary/aromatic N) is 1. The zero-order valence-corrected chi connectivity index (χ0v) is 15.2. The number of hydrogen-bond acceptors (Lipinski definition) is 4. The molecule has 1 aromatic carbocycles. The van der Waals surface area contributed by atoms with Crippen LogP contribution in [0.5, 0.6) is 0 Å². The van der Waals surface area contributed by atoms with Crippen LogP contribution in [0.15, 0.2) is 30.5 Å². The molecule has 1 aromatic heterocycles. The summed E-state index contributed by atoms with van der Waals surface area (Å²) < 4.78 is 6.69. The summed E-state index contributed by atoms with van der Waals surface area (Å²) in [6.07, 6.45) is 0.528. The number of aryl methyl sites for hydroxylation is 2. The molecule has 7 heteroatoms. The number of halogens is 1. The lowest BCUT2D eigenvalue weighted by Gasteiger charge is -2.15. The molecule has 0 bridgehead atoms. The molecule has 1 amide bonds. The van der Waals surface area contributed by atoms with E-state index in [-0.39, 0.29) is 11.5 Å². The number of benzene rings is 1. The number of rotatable bonds is 5. The fraction of sp³-hybridized carbons (Fsp3) is 0.278. The van der Waals surface area contributed by atoms with Crippen LogP contribution in [0.1, 0.15) is 40.3 Å². The maximum absolute atomic E-state index is 12.2. The van der Waals surface area contributed by atoms with Gasteiger partial charge in [-0.1, -0.05) is 17.7 Å². The lowest BCUT2D eigenvalue weighted by Crippen LogP contribution is -2.30. The van der Waals surface area contributed by atoms with Crippen molar-refractivity contribution in [3.63, 3.8) is 0 Å². The second kappa shape index (κ2) is 7.53. The summed E-state index contributed by atoms with van der Waals surface area (Å²) in [7, 11) is 1.63. The van der Waals surface area contributed by atoms with E-state index >= 15 is 0 Å². The van der Waals surface area contributed by atoms with E-state index in [4.69, 9.17) is 16.3 Å². The largest absolute Gasteiger partial charge is 0.448 e. The van der Waals surface area contributed by atoms with Crippen molar-refractivity contribution in [3.8, 4) is 0 Å². The second-order valence-corrected chi connectivity index (χ2v) is 6.21. The van der Waals surface area contributed by atoms with E-state index in [2.05, 4.69) is 5.32 Å². The number of Topliss-reactive ketones (excluding diaryl/α,β-unsaturated/α-hetero) is 1. The predicted molar refractivity (Wildman–Crippen MR) is 95.1 cm³/mol. The zero-order chi connectivity index (χ0) is 18.7. The summed E-state index contributed by atoms with van der Waals surface area (Å²) in [5.41, 5.74) is 1.99. The van der Waals surface area contributed by atoms with Gasteiger partial charge in [-0.15, -0.1) is 0 Å². The first-order valence-electron chi connectivity index (χ1n) is 7.64. The number of amides is 1. The van der Waals surface area contributed by atoms with E-state index in [1.165, 1.54) is 24.5 Å². The number of carbonyl (C=O) groups excluding carboxylic acids is 3. The highest BCUT2D eigenvalue weighted by Gasteiger charge is 2.22. The number of carbonyl (C=O) groups is 3. The van der Waals surface area contributed by atoms with Gasteiger partial charge in [-0.25, -0.2) is 4.79 Å². The number of hydrogen-bond donors (Lipinski definition) is 1. The zero-order valence-electron chi connectivity index (χ0n) is 14.4. The van der Waals surface area contributed by atoms with Crippen LogP contribution in [-0.2, 0) is 16.6 Å². The minimum absolute atomic E-state index is 0.156.